The summed E-state index contributed by atoms with van der Waals surface area (Å²) in [6, 6.07) is 0. The lowest BCUT2D eigenvalue weighted by atomic mass is 9.77. The lowest BCUT2D eigenvalue weighted by Gasteiger charge is -2.30. The average molecular weight is 278 g/mol. The van der Waals surface area contributed by atoms with Gasteiger partial charge in [0.2, 0.25) is 0 Å². The maximum absolute atomic E-state index is 4.33. The molecule has 0 spiro atoms. The molecule has 0 N–H and O–H groups in total. The second kappa shape index (κ2) is 9.20. The molecule has 116 valence electrons. The Balaban J connectivity index is 2.46. The van der Waals surface area contributed by atoms with Crippen LogP contribution in [0.15, 0.2) is 12.4 Å². The molecule has 0 saturated heterocycles. The first kappa shape index (κ1) is 17.3. The normalized spacial score (nSPS) is 14.4. The van der Waals surface area contributed by atoms with Gasteiger partial charge in [-0.3, -0.25) is 0 Å². The van der Waals surface area contributed by atoms with Crippen LogP contribution in [0.5, 0.6) is 0 Å². The summed E-state index contributed by atoms with van der Waals surface area (Å²) in [6.07, 6.45) is 16.3. The highest BCUT2D eigenvalue weighted by atomic mass is 15.0. The van der Waals surface area contributed by atoms with Gasteiger partial charge in [0.15, 0.2) is 0 Å². The molecule has 0 aliphatic carbocycles. The van der Waals surface area contributed by atoms with Crippen LogP contribution in [0.1, 0.15) is 84.4 Å². The molecule has 0 amide bonds. The highest BCUT2D eigenvalue weighted by Gasteiger charge is 2.23. The Kier molecular flexibility index (Phi) is 7.94. The van der Waals surface area contributed by atoms with Gasteiger partial charge in [0, 0.05) is 18.9 Å². The van der Waals surface area contributed by atoms with Crippen LogP contribution in [0.25, 0.3) is 0 Å². The minimum Gasteiger partial charge on any atom is -0.335 e. The molecule has 2 heteroatoms. The van der Waals surface area contributed by atoms with Gasteiger partial charge >= 0.3 is 0 Å². The number of hydrogen-bond acceptors (Lipinski definition) is 1. The van der Waals surface area contributed by atoms with Crippen molar-refractivity contribution in [3.8, 4) is 0 Å². The van der Waals surface area contributed by atoms with E-state index in [0.29, 0.717) is 5.41 Å². The first-order valence-corrected chi connectivity index (χ1v) is 8.59. The number of rotatable bonds is 11. The van der Waals surface area contributed by atoms with Crippen LogP contribution in [-0.4, -0.2) is 9.55 Å². The zero-order chi connectivity index (χ0) is 14.8. The molecule has 0 aromatic carbocycles. The van der Waals surface area contributed by atoms with Crippen molar-refractivity contribution in [1.29, 1.82) is 0 Å². The molecule has 20 heavy (non-hydrogen) atoms. The van der Waals surface area contributed by atoms with E-state index >= 15 is 0 Å². The monoisotopic (exact) mass is 278 g/mol. The minimum atomic E-state index is 0.514. The van der Waals surface area contributed by atoms with Crippen molar-refractivity contribution in [2.75, 3.05) is 0 Å². The Morgan fingerprint density at radius 2 is 1.70 bits per heavy atom. The summed E-state index contributed by atoms with van der Waals surface area (Å²) in [5, 5.41) is 0. The predicted molar refractivity (Wildman–Crippen MR) is 88.0 cm³/mol. The first-order valence-electron chi connectivity index (χ1n) is 8.59. The fourth-order valence-corrected chi connectivity index (χ4v) is 2.99. The molecule has 0 aliphatic rings. The van der Waals surface area contributed by atoms with E-state index in [2.05, 4.69) is 43.4 Å². The van der Waals surface area contributed by atoms with Gasteiger partial charge in [-0.25, -0.2) is 4.98 Å². The van der Waals surface area contributed by atoms with Gasteiger partial charge in [0.1, 0.15) is 5.82 Å². The molecule has 1 aromatic rings. The third-order valence-electron chi connectivity index (χ3n) is 4.65. The molecular weight excluding hydrogens is 244 g/mol. The van der Waals surface area contributed by atoms with Crippen LogP contribution >= 0.6 is 0 Å². The average Bonchev–Trinajstić information content (AvgIpc) is 2.85. The van der Waals surface area contributed by atoms with Gasteiger partial charge in [-0.1, -0.05) is 59.3 Å². The molecule has 0 bridgehead atoms. The summed E-state index contributed by atoms with van der Waals surface area (Å²) in [7, 11) is 0. The third kappa shape index (κ3) is 6.11. The van der Waals surface area contributed by atoms with Gasteiger partial charge in [-0.15, -0.1) is 0 Å². The second-order valence-corrected chi connectivity index (χ2v) is 6.64. The second-order valence-electron chi connectivity index (χ2n) is 6.64. The topological polar surface area (TPSA) is 17.8 Å². The number of imidazole rings is 1. The van der Waals surface area contributed by atoms with Crippen molar-refractivity contribution in [2.45, 2.75) is 92.0 Å². The Bertz CT molecular complexity index is 356. The minimum absolute atomic E-state index is 0.514. The van der Waals surface area contributed by atoms with Crippen molar-refractivity contribution in [3.05, 3.63) is 18.2 Å². The molecule has 0 radical (unpaired) electrons. The maximum Gasteiger partial charge on any atom is 0.105 e. The van der Waals surface area contributed by atoms with E-state index in [9.17, 15) is 0 Å². The number of nitrogens with zero attached hydrogens (tertiary/aromatic N) is 2. The summed E-state index contributed by atoms with van der Waals surface area (Å²) in [4.78, 5) is 4.33. The fourth-order valence-electron chi connectivity index (χ4n) is 2.99. The smallest absolute Gasteiger partial charge is 0.105 e. The standard InChI is InChI=1S/C18H34N2/c1-5-7-9-10-12-18(4,11-8-6-2)13-15-20-16-14-19-17(20)3/h14,16H,5-13,15H2,1-4H3. The van der Waals surface area contributed by atoms with E-state index in [4.69, 9.17) is 0 Å². The van der Waals surface area contributed by atoms with Crippen LogP contribution in [0.3, 0.4) is 0 Å². The molecule has 1 heterocycles. The van der Waals surface area contributed by atoms with Crippen molar-refractivity contribution in [3.63, 3.8) is 0 Å². The summed E-state index contributed by atoms with van der Waals surface area (Å²) in [5.74, 6) is 1.15. The SMILES string of the molecule is CCCCCCC(C)(CCCC)CCn1ccnc1C. The molecule has 0 saturated carbocycles. The van der Waals surface area contributed by atoms with Crippen molar-refractivity contribution >= 4 is 0 Å². The number of aryl methyl sites for hydroxylation is 2. The molecule has 0 aliphatic heterocycles. The van der Waals surface area contributed by atoms with E-state index in [0.717, 1.165) is 12.4 Å². The van der Waals surface area contributed by atoms with Crippen molar-refractivity contribution < 1.29 is 0 Å². The molecule has 2 nitrogen and oxygen atoms in total. The van der Waals surface area contributed by atoms with Crippen molar-refractivity contribution in [1.82, 2.24) is 9.55 Å². The summed E-state index contributed by atoms with van der Waals surface area (Å²) >= 11 is 0. The lowest BCUT2D eigenvalue weighted by Crippen LogP contribution is -2.19. The van der Waals surface area contributed by atoms with Crippen LogP contribution < -0.4 is 0 Å². The number of aromatic nitrogens is 2. The van der Waals surface area contributed by atoms with E-state index in [-0.39, 0.29) is 0 Å². The van der Waals surface area contributed by atoms with Crippen LogP contribution in [0.2, 0.25) is 0 Å². The Hall–Kier alpha value is -0.790. The first-order chi connectivity index (χ1) is 9.61. The van der Waals surface area contributed by atoms with Crippen LogP contribution in [-0.2, 0) is 6.54 Å². The Morgan fingerprint density at radius 1 is 1.00 bits per heavy atom. The Labute approximate surface area is 126 Å². The predicted octanol–water partition coefficient (Wildman–Crippen LogP) is 5.75. The number of unbranched alkanes of at least 4 members (excludes halogenated alkanes) is 4. The van der Waals surface area contributed by atoms with E-state index in [1.54, 1.807) is 0 Å². The quantitative estimate of drug-likeness (QED) is 0.471. The van der Waals surface area contributed by atoms with Gasteiger partial charge in [0.25, 0.3) is 0 Å². The van der Waals surface area contributed by atoms with Crippen LogP contribution in [0, 0.1) is 12.3 Å². The lowest BCUT2D eigenvalue weighted by molar-refractivity contribution is 0.220. The highest BCUT2D eigenvalue weighted by Crippen LogP contribution is 2.35. The zero-order valence-electron chi connectivity index (χ0n) is 14.1. The van der Waals surface area contributed by atoms with Gasteiger partial charge < -0.3 is 4.57 Å². The fraction of sp³-hybridized carbons (Fsp3) is 0.833. The van der Waals surface area contributed by atoms with Crippen molar-refractivity contribution in [2.24, 2.45) is 5.41 Å². The Morgan fingerprint density at radius 3 is 2.30 bits per heavy atom. The zero-order valence-corrected chi connectivity index (χ0v) is 14.1. The summed E-state index contributed by atoms with van der Waals surface area (Å²) in [5.41, 5.74) is 0.514. The van der Waals surface area contributed by atoms with E-state index < -0.39 is 0 Å². The molecule has 1 rings (SSSR count). The van der Waals surface area contributed by atoms with Gasteiger partial charge in [-0.2, -0.15) is 0 Å². The largest absolute Gasteiger partial charge is 0.335 e. The molecular formula is C18H34N2. The molecule has 1 unspecified atom stereocenters. The van der Waals surface area contributed by atoms with E-state index in [1.807, 2.05) is 6.20 Å². The van der Waals surface area contributed by atoms with Crippen LogP contribution in [0.4, 0.5) is 0 Å². The molecule has 1 aromatic heterocycles. The summed E-state index contributed by atoms with van der Waals surface area (Å²) in [6.45, 7) is 10.3. The number of hydrogen-bond donors (Lipinski definition) is 0. The third-order valence-corrected chi connectivity index (χ3v) is 4.65. The van der Waals surface area contributed by atoms with Gasteiger partial charge in [0.05, 0.1) is 0 Å². The highest BCUT2D eigenvalue weighted by molar-refractivity contribution is 4.89. The molecule has 0 fully saturated rings. The summed E-state index contributed by atoms with van der Waals surface area (Å²) < 4.78 is 2.30. The molecule has 1 atom stereocenters. The van der Waals surface area contributed by atoms with Gasteiger partial charge in [-0.05, 0) is 31.6 Å². The maximum atomic E-state index is 4.33. The van der Waals surface area contributed by atoms with E-state index in [1.165, 1.54) is 57.8 Å².